The van der Waals surface area contributed by atoms with Gasteiger partial charge in [-0.1, -0.05) is 0 Å². The molecule has 1 aliphatic rings. The maximum atomic E-state index is 13.0. The zero-order valence-corrected chi connectivity index (χ0v) is 14.3. The van der Waals surface area contributed by atoms with Gasteiger partial charge in [0.1, 0.15) is 5.00 Å². The minimum Gasteiger partial charge on any atom is -0.372 e. The number of morpholine rings is 1. The van der Waals surface area contributed by atoms with Gasteiger partial charge in [0.2, 0.25) is 0 Å². The number of aryl methyl sites for hydroxylation is 2. The third kappa shape index (κ3) is 2.71. The van der Waals surface area contributed by atoms with Crippen molar-refractivity contribution in [1.29, 1.82) is 0 Å². The molecule has 1 aliphatic heterocycles. The molecule has 22 heavy (non-hydrogen) atoms. The molecule has 0 radical (unpaired) electrons. The first-order valence-corrected chi connectivity index (χ1v) is 8.53. The highest BCUT2D eigenvalue weighted by Crippen LogP contribution is 2.27. The molecule has 1 amide bonds. The summed E-state index contributed by atoms with van der Waals surface area (Å²) in [4.78, 5) is 14.9. The second kappa shape index (κ2) is 5.89. The Kier molecular flexibility index (Phi) is 4.10. The molecule has 0 saturated carbocycles. The van der Waals surface area contributed by atoms with Crippen molar-refractivity contribution in [2.75, 3.05) is 13.1 Å². The topological polar surface area (TPSA) is 34.5 Å². The van der Waals surface area contributed by atoms with E-state index in [0.717, 1.165) is 22.0 Å². The molecule has 4 nitrogen and oxygen atoms in total. The number of carbonyl (C=O) groups is 1. The molecule has 3 rings (SSSR count). The van der Waals surface area contributed by atoms with Crippen molar-refractivity contribution < 1.29 is 9.53 Å². The Morgan fingerprint density at radius 1 is 1.14 bits per heavy atom. The van der Waals surface area contributed by atoms with Crippen LogP contribution < -0.4 is 0 Å². The van der Waals surface area contributed by atoms with E-state index in [0.29, 0.717) is 13.1 Å². The number of nitrogens with zero attached hydrogens (tertiary/aromatic N) is 2. The normalized spacial score (nSPS) is 22.1. The molecule has 2 atom stereocenters. The fourth-order valence-electron chi connectivity index (χ4n) is 3.14. The Morgan fingerprint density at radius 3 is 2.32 bits per heavy atom. The van der Waals surface area contributed by atoms with Gasteiger partial charge in [0, 0.05) is 24.5 Å². The molecule has 2 aromatic rings. The molecular weight excluding hydrogens is 296 g/mol. The largest absolute Gasteiger partial charge is 0.372 e. The standard InChI is InChI=1S/C17H22N2O2S/c1-11-5-6-12(2)19(11)17-15(7-8-22-17)16(20)18-9-13(3)21-14(4)10-18/h5-8,13-14H,9-10H2,1-4H3. The molecule has 2 aromatic heterocycles. The lowest BCUT2D eigenvalue weighted by Gasteiger charge is -2.35. The molecule has 118 valence electrons. The molecule has 2 unspecified atom stereocenters. The van der Waals surface area contributed by atoms with Crippen molar-refractivity contribution in [3.05, 3.63) is 40.5 Å². The number of carbonyl (C=O) groups excluding carboxylic acids is 1. The van der Waals surface area contributed by atoms with E-state index >= 15 is 0 Å². The summed E-state index contributed by atoms with van der Waals surface area (Å²) < 4.78 is 7.89. The number of amides is 1. The lowest BCUT2D eigenvalue weighted by atomic mass is 10.2. The molecule has 0 aliphatic carbocycles. The average molecular weight is 318 g/mol. The number of hydrogen-bond acceptors (Lipinski definition) is 3. The first kappa shape index (κ1) is 15.3. The van der Waals surface area contributed by atoms with Gasteiger partial charge in [-0.15, -0.1) is 11.3 Å². The van der Waals surface area contributed by atoms with E-state index in [9.17, 15) is 4.79 Å². The smallest absolute Gasteiger partial charge is 0.257 e. The van der Waals surface area contributed by atoms with Crippen LogP contribution in [0.15, 0.2) is 23.6 Å². The Labute approximate surface area is 135 Å². The first-order chi connectivity index (χ1) is 10.5. The number of rotatable bonds is 2. The van der Waals surface area contributed by atoms with Crippen molar-refractivity contribution in [2.45, 2.75) is 39.9 Å². The second-order valence-corrected chi connectivity index (χ2v) is 6.95. The van der Waals surface area contributed by atoms with Crippen molar-refractivity contribution in [3.63, 3.8) is 0 Å². The van der Waals surface area contributed by atoms with Gasteiger partial charge in [0.05, 0.1) is 17.8 Å². The molecule has 0 bridgehead atoms. The van der Waals surface area contributed by atoms with Crippen molar-refractivity contribution in [1.82, 2.24) is 9.47 Å². The van der Waals surface area contributed by atoms with Crippen LogP contribution in [0.5, 0.6) is 0 Å². The molecule has 1 fully saturated rings. The Morgan fingerprint density at radius 2 is 1.73 bits per heavy atom. The van der Waals surface area contributed by atoms with Crippen LogP contribution in [0.4, 0.5) is 0 Å². The number of aromatic nitrogens is 1. The molecule has 0 aromatic carbocycles. The summed E-state index contributed by atoms with van der Waals surface area (Å²) in [5, 5.41) is 3.01. The third-order valence-corrected chi connectivity index (χ3v) is 4.95. The molecular formula is C17H22N2O2S. The lowest BCUT2D eigenvalue weighted by Crippen LogP contribution is -2.48. The van der Waals surface area contributed by atoms with Gasteiger partial charge in [-0.05, 0) is 51.3 Å². The highest BCUT2D eigenvalue weighted by Gasteiger charge is 2.28. The molecule has 0 N–H and O–H groups in total. The van der Waals surface area contributed by atoms with Crippen LogP contribution in [0.1, 0.15) is 35.6 Å². The fourth-order valence-corrected chi connectivity index (χ4v) is 4.15. The van der Waals surface area contributed by atoms with Crippen LogP contribution in [0.2, 0.25) is 0 Å². The Hall–Kier alpha value is -1.59. The van der Waals surface area contributed by atoms with Gasteiger partial charge < -0.3 is 14.2 Å². The van der Waals surface area contributed by atoms with E-state index in [1.807, 2.05) is 30.2 Å². The van der Waals surface area contributed by atoms with Gasteiger partial charge in [0.15, 0.2) is 0 Å². The van der Waals surface area contributed by atoms with Crippen LogP contribution >= 0.6 is 11.3 Å². The Balaban J connectivity index is 1.93. The summed E-state index contributed by atoms with van der Waals surface area (Å²) in [6.07, 6.45) is 0.176. The number of thiophene rings is 1. The quantitative estimate of drug-likeness (QED) is 0.850. The van der Waals surface area contributed by atoms with Crippen LogP contribution in [0.3, 0.4) is 0 Å². The first-order valence-electron chi connectivity index (χ1n) is 7.65. The number of ether oxygens (including phenoxy) is 1. The van der Waals surface area contributed by atoms with Gasteiger partial charge in [-0.25, -0.2) is 0 Å². The fraction of sp³-hybridized carbons (Fsp3) is 0.471. The van der Waals surface area contributed by atoms with Crippen molar-refractivity contribution in [2.24, 2.45) is 0 Å². The lowest BCUT2D eigenvalue weighted by molar-refractivity contribution is -0.0586. The van der Waals surface area contributed by atoms with Gasteiger partial charge in [-0.2, -0.15) is 0 Å². The summed E-state index contributed by atoms with van der Waals surface area (Å²) in [5.41, 5.74) is 3.09. The Bertz CT molecular complexity index is 659. The highest BCUT2D eigenvalue weighted by molar-refractivity contribution is 7.13. The van der Waals surface area contributed by atoms with Crippen LogP contribution in [-0.2, 0) is 4.74 Å². The van der Waals surface area contributed by atoms with Gasteiger partial charge in [0.25, 0.3) is 5.91 Å². The highest BCUT2D eigenvalue weighted by atomic mass is 32.1. The van der Waals surface area contributed by atoms with Gasteiger partial charge in [-0.3, -0.25) is 4.79 Å². The number of hydrogen-bond donors (Lipinski definition) is 0. The van der Waals surface area contributed by atoms with E-state index < -0.39 is 0 Å². The maximum Gasteiger partial charge on any atom is 0.257 e. The molecule has 1 saturated heterocycles. The predicted octanol–water partition coefficient (Wildman–Crippen LogP) is 3.41. The minimum atomic E-state index is 0.0878. The SMILES string of the molecule is Cc1ccc(C)n1-c1sccc1C(=O)N1CC(C)OC(C)C1. The summed E-state index contributed by atoms with van der Waals surface area (Å²) in [6.45, 7) is 9.49. The third-order valence-electron chi connectivity index (χ3n) is 4.06. The van der Waals surface area contributed by atoms with Crippen LogP contribution in [0, 0.1) is 13.8 Å². The molecule has 0 spiro atoms. The summed E-state index contributed by atoms with van der Waals surface area (Å²) >= 11 is 1.61. The van der Waals surface area contributed by atoms with E-state index in [1.54, 1.807) is 11.3 Å². The minimum absolute atomic E-state index is 0.0878. The monoisotopic (exact) mass is 318 g/mol. The van der Waals surface area contributed by atoms with E-state index in [2.05, 4.69) is 30.5 Å². The molecule has 5 heteroatoms. The zero-order valence-electron chi connectivity index (χ0n) is 13.5. The van der Waals surface area contributed by atoms with E-state index in [-0.39, 0.29) is 18.1 Å². The predicted molar refractivity (Wildman–Crippen MR) is 89.0 cm³/mol. The summed E-state index contributed by atoms with van der Waals surface area (Å²) in [7, 11) is 0. The average Bonchev–Trinajstić information content (AvgIpc) is 3.03. The van der Waals surface area contributed by atoms with Crippen molar-refractivity contribution in [3.8, 4) is 5.00 Å². The zero-order chi connectivity index (χ0) is 15.9. The maximum absolute atomic E-state index is 13.0. The molecule has 3 heterocycles. The summed E-state index contributed by atoms with van der Waals surface area (Å²) in [5.74, 6) is 0.103. The summed E-state index contributed by atoms with van der Waals surface area (Å²) in [6, 6.07) is 6.11. The van der Waals surface area contributed by atoms with Crippen LogP contribution in [0.25, 0.3) is 5.00 Å². The van der Waals surface area contributed by atoms with E-state index in [1.165, 1.54) is 0 Å². The van der Waals surface area contributed by atoms with E-state index in [4.69, 9.17) is 4.74 Å². The van der Waals surface area contributed by atoms with Gasteiger partial charge >= 0.3 is 0 Å². The van der Waals surface area contributed by atoms with Crippen molar-refractivity contribution >= 4 is 17.2 Å². The van der Waals surface area contributed by atoms with Crippen LogP contribution in [-0.4, -0.2) is 40.7 Å². The second-order valence-electron chi connectivity index (χ2n) is 6.06.